The van der Waals surface area contributed by atoms with Gasteiger partial charge in [-0.25, -0.2) is 0 Å². The molecule has 0 aliphatic heterocycles. The molecule has 1 aromatic carbocycles. The van der Waals surface area contributed by atoms with Crippen LogP contribution in [0.2, 0.25) is 0 Å². The molecule has 7 heteroatoms. The average molecular weight is 282 g/mol. The Bertz CT molecular complexity index is 476. The first-order valence-corrected chi connectivity index (χ1v) is 6.28. The fraction of sp³-hybridized carbons (Fsp3) is 0.462. The van der Waals surface area contributed by atoms with Crippen molar-refractivity contribution < 1.29 is 19.6 Å². The summed E-state index contributed by atoms with van der Waals surface area (Å²) in [5.41, 5.74) is 0.845. The molecule has 0 saturated heterocycles. The number of nitrogens with zero attached hydrogens (tertiary/aromatic N) is 1. The zero-order chi connectivity index (χ0) is 15.0. The Morgan fingerprint density at radius 3 is 2.80 bits per heavy atom. The van der Waals surface area contributed by atoms with E-state index in [1.165, 1.54) is 18.2 Å². The fourth-order valence-electron chi connectivity index (χ4n) is 1.65. The number of nitrogens with one attached hydrogen (secondary N) is 1. The summed E-state index contributed by atoms with van der Waals surface area (Å²) in [4.78, 5) is 22.0. The molecule has 0 heterocycles. The van der Waals surface area contributed by atoms with Gasteiger partial charge in [-0.15, -0.1) is 0 Å². The number of aliphatic hydroxyl groups is 1. The molecule has 1 aromatic rings. The number of nitro benzene ring substituents is 1. The van der Waals surface area contributed by atoms with Crippen LogP contribution in [0.1, 0.15) is 22.3 Å². The third-order valence-corrected chi connectivity index (χ3v) is 2.64. The van der Waals surface area contributed by atoms with Crippen molar-refractivity contribution >= 4 is 11.6 Å². The highest BCUT2D eigenvalue weighted by molar-refractivity contribution is 5.94. The van der Waals surface area contributed by atoms with Crippen molar-refractivity contribution in [2.75, 3.05) is 26.4 Å². The monoisotopic (exact) mass is 282 g/mol. The van der Waals surface area contributed by atoms with Gasteiger partial charge in [-0.3, -0.25) is 14.9 Å². The molecule has 0 bridgehead atoms. The zero-order valence-corrected chi connectivity index (χ0v) is 11.3. The zero-order valence-electron chi connectivity index (χ0n) is 11.3. The average Bonchev–Trinajstić information content (AvgIpc) is 2.41. The number of carbonyl (C=O) groups is 1. The summed E-state index contributed by atoms with van der Waals surface area (Å²) in [5, 5.41) is 21.9. The second-order valence-corrected chi connectivity index (χ2v) is 4.20. The van der Waals surface area contributed by atoms with Crippen molar-refractivity contribution in [3.05, 3.63) is 39.4 Å². The van der Waals surface area contributed by atoms with Gasteiger partial charge in [0.2, 0.25) is 0 Å². The molecule has 2 N–H and O–H groups in total. The van der Waals surface area contributed by atoms with Crippen molar-refractivity contribution in [2.45, 2.75) is 13.3 Å². The highest BCUT2D eigenvalue weighted by atomic mass is 16.6. The highest BCUT2D eigenvalue weighted by Gasteiger charge is 2.13. The molecular weight excluding hydrogens is 264 g/mol. The van der Waals surface area contributed by atoms with Crippen molar-refractivity contribution in [3.8, 4) is 0 Å². The number of rotatable bonds is 8. The van der Waals surface area contributed by atoms with E-state index in [1.807, 2.05) is 0 Å². The van der Waals surface area contributed by atoms with Gasteiger partial charge in [0, 0.05) is 30.3 Å². The number of carbonyl (C=O) groups excluding carboxylic acids is 1. The largest absolute Gasteiger partial charge is 0.394 e. The molecule has 0 aliphatic rings. The molecule has 0 atom stereocenters. The topological polar surface area (TPSA) is 102 Å². The van der Waals surface area contributed by atoms with Crippen molar-refractivity contribution in [1.82, 2.24) is 5.32 Å². The van der Waals surface area contributed by atoms with Gasteiger partial charge in [-0.2, -0.15) is 0 Å². The number of aliphatic hydroxyl groups excluding tert-OH is 1. The molecule has 0 spiro atoms. The van der Waals surface area contributed by atoms with Gasteiger partial charge in [0.1, 0.15) is 0 Å². The third-order valence-electron chi connectivity index (χ3n) is 2.64. The molecule has 0 saturated carbocycles. The number of hydrogen-bond acceptors (Lipinski definition) is 5. The Morgan fingerprint density at radius 2 is 2.20 bits per heavy atom. The van der Waals surface area contributed by atoms with E-state index in [9.17, 15) is 14.9 Å². The van der Waals surface area contributed by atoms with Crippen LogP contribution in [0.5, 0.6) is 0 Å². The summed E-state index contributed by atoms with van der Waals surface area (Å²) in [5.74, 6) is -0.273. The quantitative estimate of drug-likeness (QED) is 0.421. The molecule has 1 amide bonds. The van der Waals surface area contributed by atoms with E-state index < -0.39 is 4.92 Å². The van der Waals surface area contributed by atoms with Gasteiger partial charge >= 0.3 is 0 Å². The number of aryl methyl sites for hydroxylation is 1. The Balaban J connectivity index is 2.44. The number of ether oxygens (including phenoxy) is 1. The van der Waals surface area contributed by atoms with Crippen LogP contribution in [0.3, 0.4) is 0 Å². The Hall–Kier alpha value is -1.99. The molecule has 7 nitrogen and oxygen atoms in total. The normalized spacial score (nSPS) is 10.3. The number of amides is 1. The predicted molar refractivity (Wildman–Crippen MR) is 72.7 cm³/mol. The van der Waals surface area contributed by atoms with Crippen molar-refractivity contribution in [3.63, 3.8) is 0 Å². The van der Waals surface area contributed by atoms with Crippen LogP contribution in [0.15, 0.2) is 18.2 Å². The smallest absolute Gasteiger partial charge is 0.272 e. The summed E-state index contributed by atoms with van der Waals surface area (Å²) in [6, 6.07) is 4.26. The summed E-state index contributed by atoms with van der Waals surface area (Å²) in [7, 11) is 0. The van der Waals surface area contributed by atoms with E-state index in [2.05, 4.69) is 5.32 Å². The Morgan fingerprint density at radius 1 is 1.45 bits per heavy atom. The van der Waals surface area contributed by atoms with Crippen LogP contribution in [0.4, 0.5) is 5.69 Å². The van der Waals surface area contributed by atoms with E-state index in [0.717, 1.165) is 0 Å². The number of nitro groups is 1. The SMILES string of the molecule is Cc1cc(C(=O)NCCCOCCO)ccc1[N+](=O)[O-]. The summed E-state index contributed by atoms with van der Waals surface area (Å²) in [6.45, 7) is 2.77. The highest BCUT2D eigenvalue weighted by Crippen LogP contribution is 2.18. The third kappa shape index (κ3) is 4.94. The maximum atomic E-state index is 11.8. The van der Waals surface area contributed by atoms with Gasteiger partial charge in [0.15, 0.2) is 0 Å². The standard InChI is InChI=1S/C13H18N2O5/c1-10-9-11(3-4-12(10)15(18)19)13(17)14-5-2-7-20-8-6-16/h3-4,9,16H,2,5-8H2,1H3,(H,14,17). The van der Waals surface area contributed by atoms with Crippen LogP contribution in [-0.2, 0) is 4.74 Å². The van der Waals surface area contributed by atoms with Crippen LogP contribution in [0.25, 0.3) is 0 Å². The Labute approximate surface area is 116 Å². The maximum absolute atomic E-state index is 11.8. The summed E-state index contributed by atoms with van der Waals surface area (Å²) < 4.78 is 5.06. The van der Waals surface area contributed by atoms with Crippen LogP contribution >= 0.6 is 0 Å². The van der Waals surface area contributed by atoms with E-state index in [4.69, 9.17) is 9.84 Å². The van der Waals surface area contributed by atoms with E-state index in [0.29, 0.717) is 30.7 Å². The molecular formula is C13H18N2O5. The second kappa shape index (κ2) is 8.23. The minimum Gasteiger partial charge on any atom is -0.394 e. The molecule has 1 rings (SSSR count). The molecule has 0 aliphatic carbocycles. The van der Waals surface area contributed by atoms with E-state index in [1.54, 1.807) is 6.92 Å². The molecule has 110 valence electrons. The molecule has 20 heavy (non-hydrogen) atoms. The van der Waals surface area contributed by atoms with E-state index >= 15 is 0 Å². The van der Waals surface area contributed by atoms with Crippen molar-refractivity contribution in [2.24, 2.45) is 0 Å². The molecule has 0 fully saturated rings. The van der Waals surface area contributed by atoms with Gasteiger partial charge in [-0.05, 0) is 25.5 Å². The maximum Gasteiger partial charge on any atom is 0.272 e. The minimum absolute atomic E-state index is 0.000969. The first-order chi connectivity index (χ1) is 9.56. The number of benzene rings is 1. The first kappa shape index (κ1) is 16.1. The summed E-state index contributed by atoms with van der Waals surface area (Å²) in [6.07, 6.45) is 0.637. The second-order valence-electron chi connectivity index (χ2n) is 4.20. The van der Waals surface area contributed by atoms with Gasteiger partial charge < -0.3 is 15.2 Å². The fourth-order valence-corrected chi connectivity index (χ4v) is 1.65. The lowest BCUT2D eigenvalue weighted by Crippen LogP contribution is -2.25. The lowest BCUT2D eigenvalue weighted by atomic mass is 10.1. The lowest BCUT2D eigenvalue weighted by molar-refractivity contribution is -0.385. The first-order valence-electron chi connectivity index (χ1n) is 6.28. The molecule has 0 aromatic heterocycles. The number of hydrogen-bond donors (Lipinski definition) is 2. The molecule has 0 radical (unpaired) electrons. The van der Waals surface area contributed by atoms with Gasteiger partial charge in [-0.1, -0.05) is 0 Å². The van der Waals surface area contributed by atoms with Gasteiger partial charge in [0.25, 0.3) is 11.6 Å². The van der Waals surface area contributed by atoms with Crippen molar-refractivity contribution in [1.29, 1.82) is 0 Å². The summed E-state index contributed by atoms with van der Waals surface area (Å²) >= 11 is 0. The van der Waals surface area contributed by atoms with Gasteiger partial charge in [0.05, 0.1) is 18.1 Å². The molecule has 0 unspecified atom stereocenters. The van der Waals surface area contributed by atoms with Crippen LogP contribution in [0, 0.1) is 17.0 Å². The van der Waals surface area contributed by atoms with Crippen LogP contribution < -0.4 is 5.32 Å². The Kier molecular flexibility index (Phi) is 6.61. The van der Waals surface area contributed by atoms with E-state index in [-0.39, 0.29) is 24.8 Å². The predicted octanol–water partition coefficient (Wildman–Crippen LogP) is 1.03. The van der Waals surface area contributed by atoms with Crippen LogP contribution in [-0.4, -0.2) is 42.3 Å². The lowest BCUT2D eigenvalue weighted by Gasteiger charge is -2.06. The minimum atomic E-state index is -0.477.